The van der Waals surface area contributed by atoms with Gasteiger partial charge in [-0.3, -0.25) is 0 Å². The van der Waals surface area contributed by atoms with Crippen molar-refractivity contribution in [3.05, 3.63) is 12.3 Å². The summed E-state index contributed by atoms with van der Waals surface area (Å²) < 4.78 is 0. The molecule has 0 radical (unpaired) electrons. The summed E-state index contributed by atoms with van der Waals surface area (Å²) in [7, 11) is 0. The molecule has 0 aromatic carbocycles. The van der Waals surface area contributed by atoms with Gasteiger partial charge in [0.1, 0.15) is 6.73 Å². The van der Waals surface area contributed by atoms with E-state index in [0.29, 0.717) is 0 Å². The number of hydrogen-bond donors (Lipinski definition) is 1. The van der Waals surface area contributed by atoms with Gasteiger partial charge in [0.05, 0.1) is 0 Å². The molecule has 0 spiro atoms. The zero-order valence-corrected chi connectivity index (χ0v) is 5.40. The summed E-state index contributed by atoms with van der Waals surface area (Å²) in [6.07, 6.45) is 5.05. The lowest BCUT2D eigenvalue weighted by molar-refractivity contribution is 0.160. The normalized spacial score (nSPS) is 16.4. The van der Waals surface area contributed by atoms with Crippen molar-refractivity contribution in [2.75, 3.05) is 13.3 Å². The molecule has 1 aliphatic rings. The van der Waals surface area contributed by atoms with Crippen LogP contribution in [0, 0.1) is 0 Å². The van der Waals surface area contributed by atoms with Gasteiger partial charge in [-0.15, -0.1) is 12.4 Å². The summed E-state index contributed by atoms with van der Waals surface area (Å²) >= 11 is 0. The van der Waals surface area contributed by atoms with Gasteiger partial charge in [0.15, 0.2) is 0 Å². The SMILES string of the molecule is Cl.OCN1C=CCC1. The van der Waals surface area contributed by atoms with Crippen LogP contribution in [0.3, 0.4) is 0 Å². The maximum absolute atomic E-state index is 8.44. The van der Waals surface area contributed by atoms with Crippen molar-refractivity contribution in [3.63, 3.8) is 0 Å². The fraction of sp³-hybridized carbons (Fsp3) is 0.600. The van der Waals surface area contributed by atoms with Crippen LogP contribution in [0.4, 0.5) is 0 Å². The van der Waals surface area contributed by atoms with E-state index in [1.165, 1.54) is 0 Å². The van der Waals surface area contributed by atoms with Crippen molar-refractivity contribution in [3.8, 4) is 0 Å². The van der Waals surface area contributed by atoms with Gasteiger partial charge in [-0.25, -0.2) is 0 Å². The Morgan fingerprint density at radius 3 is 2.62 bits per heavy atom. The first-order valence-corrected chi connectivity index (χ1v) is 2.45. The molecule has 0 aromatic rings. The Labute approximate surface area is 55.2 Å². The minimum absolute atomic E-state index is 0. The summed E-state index contributed by atoms with van der Waals surface area (Å²) in [4.78, 5) is 1.86. The third-order valence-electron chi connectivity index (χ3n) is 1.08. The van der Waals surface area contributed by atoms with E-state index in [9.17, 15) is 0 Å². The Hall–Kier alpha value is -0.210. The van der Waals surface area contributed by atoms with E-state index in [1.54, 1.807) is 0 Å². The van der Waals surface area contributed by atoms with Crippen molar-refractivity contribution >= 4 is 12.4 Å². The number of aliphatic hydroxyl groups is 1. The number of hydrogen-bond acceptors (Lipinski definition) is 2. The average molecular weight is 136 g/mol. The zero-order chi connectivity index (χ0) is 5.11. The van der Waals surface area contributed by atoms with Crippen LogP contribution in [0.25, 0.3) is 0 Å². The molecule has 1 aliphatic heterocycles. The number of aliphatic hydroxyl groups excluding tert-OH is 1. The number of rotatable bonds is 1. The van der Waals surface area contributed by atoms with E-state index in [1.807, 2.05) is 11.1 Å². The van der Waals surface area contributed by atoms with Crippen LogP contribution in [0.15, 0.2) is 12.3 Å². The van der Waals surface area contributed by atoms with Crippen molar-refractivity contribution in [1.29, 1.82) is 0 Å². The largest absolute Gasteiger partial charge is 0.376 e. The molecule has 48 valence electrons. The van der Waals surface area contributed by atoms with E-state index in [2.05, 4.69) is 6.08 Å². The van der Waals surface area contributed by atoms with Crippen LogP contribution >= 0.6 is 12.4 Å². The van der Waals surface area contributed by atoms with Crippen molar-refractivity contribution in [1.82, 2.24) is 4.90 Å². The fourth-order valence-electron chi connectivity index (χ4n) is 0.656. The molecule has 1 N–H and O–H groups in total. The molecule has 0 atom stereocenters. The highest BCUT2D eigenvalue weighted by Crippen LogP contribution is 2.00. The fourth-order valence-corrected chi connectivity index (χ4v) is 0.656. The second kappa shape index (κ2) is 3.75. The molecule has 8 heavy (non-hydrogen) atoms. The second-order valence-electron chi connectivity index (χ2n) is 1.63. The van der Waals surface area contributed by atoms with Crippen LogP contribution in [-0.4, -0.2) is 23.3 Å². The lowest BCUT2D eigenvalue weighted by Gasteiger charge is -2.08. The summed E-state index contributed by atoms with van der Waals surface area (Å²) in [5, 5.41) is 8.44. The molecule has 0 bridgehead atoms. The lowest BCUT2D eigenvalue weighted by atomic mass is 10.5. The van der Waals surface area contributed by atoms with Crippen LogP contribution in [0.5, 0.6) is 0 Å². The van der Waals surface area contributed by atoms with Gasteiger partial charge < -0.3 is 10.0 Å². The molecule has 2 nitrogen and oxygen atoms in total. The number of nitrogens with zero attached hydrogens (tertiary/aromatic N) is 1. The maximum Gasteiger partial charge on any atom is 0.115 e. The average Bonchev–Trinajstić information content (AvgIpc) is 2.14. The molecule has 0 saturated heterocycles. The predicted octanol–water partition coefficient (Wildman–Crippen LogP) is 0.577. The monoisotopic (exact) mass is 135 g/mol. The van der Waals surface area contributed by atoms with Gasteiger partial charge >= 0.3 is 0 Å². The Morgan fingerprint density at radius 2 is 2.38 bits per heavy atom. The van der Waals surface area contributed by atoms with Gasteiger partial charge in [0.2, 0.25) is 0 Å². The lowest BCUT2D eigenvalue weighted by Crippen LogP contribution is -2.14. The Kier molecular flexibility index (Phi) is 3.65. The van der Waals surface area contributed by atoms with Crippen LogP contribution in [-0.2, 0) is 0 Å². The van der Waals surface area contributed by atoms with E-state index in [0.717, 1.165) is 13.0 Å². The standard InChI is InChI=1S/C5H9NO.ClH/c7-5-6-3-1-2-4-6;/h1,3,7H,2,4-5H2;1H. The third-order valence-corrected chi connectivity index (χ3v) is 1.08. The molecule has 0 fully saturated rings. The Balaban J connectivity index is 0.000000490. The van der Waals surface area contributed by atoms with Crippen LogP contribution in [0.1, 0.15) is 6.42 Å². The van der Waals surface area contributed by atoms with Gasteiger partial charge in [0.25, 0.3) is 0 Å². The molecule has 0 amide bonds. The third kappa shape index (κ3) is 1.72. The first kappa shape index (κ1) is 7.79. The summed E-state index contributed by atoms with van der Waals surface area (Å²) in [5.74, 6) is 0. The molecule has 3 heteroatoms. The minimum Gasteiger partial charge on any atom is -0.376 e. The molecule has 0 unspecified atom stereocenters. The van der Waals surface area contributed by atoms with E-state index in [-0.39, 0.29) is 19.1 Å². The molecular formula is C5H10ClNO. The van der Waals surface area contributed by atoms with Crippen molar-refractivity contribution < 1.29 is 5.11 Å². The maximum atomic E-state index is 8.44. The van der Waals surface area contributed by atoms with E-state index in [4.69, 9.17) is 5.11 Å². The quantitative estimate of drug-likeness (QED) is 0.569. The zero-order valence-electron chi connectivity index (χ0n) is 4.58. The first-order valence-electron chi connectivity index (χ1n) is 2.45. The van der Waals surface area contributed by atoms with Crippen molar-refractivity contribution in [2.24, 2.45) is 0 Å². The molecule has 1 heterocycles. The molecule has 0 aromatic heterocycles. The van der Waals surface area contributed by atoms with E-state index >= 15 is 0 Å². The molecule has 1 rings (SSSR count). The number of halogens is 1. The topological polar surface area (TPSA) is 23.5 Å². The highest BCUT2D eigenvalue weighted by molar-refractivity contribution is 5.85. The second-order valence-corrected chi connectivity index (χ2v) is 1.63. The molecule has 0 saturated carbocycles. The molecular weight excluding hydrogens is 126 g/mol. The highest BCUT2D eigenvalue weighted by Gasteiger charge is 1.98. The van der Waals surface area contributed by atoms with Gasteiger partial charge in [-0.05, 0) is 12.6 Å². The van der Waals surface area contributed by atoms with Crippen LogP contribution in [0.2, 0.25) is 0 Å². The van der Waals surface area contributed by atoms with Gasteiger partial charge in [-0.1, -0.05) is 6.08 Å². The summed E-state index contributed by atoms with van der Waals surface area (Å²) in [5.41, 5.74) is 0. The van der Waals surface area contributed by atoms with Gasteiger partial charge in [-0.2, -0.15) is 0 Å². The Morgan fingerprint density at radius 1 is 1.62 bits per heavy atom. The summed E-state index contributed by atoms with van der Waals surface area (Å²) in [6, 6.07) is 0. The smallest absolute Gasteiger partial charge is 0.115 e. The Bertz CT molecular complexity index is 84.5. The molecule has 0 aliphatic carbocycles. The first-order chi connectivity index (χ1) is 3.43. The highest BCUT2D eigenvalue weighted by atomic mass is 35.5. The summed E-state index contributed by atoms with van der Waals surface area (Å²) in [6.45, 7) is 1.15. The van der Waals surface area contributed by atoms with Crippen LogP contribution < -0.4 is 0 Å². The van der Waals surface area contributed by atoms with Crippen molar-refractivity contribution in [2.45, 2.75) is 6.42 Å². The minimum atomic E-state index is 0. The predicted molar refractivity (Wildman–Crippen MR) is 34.8 cm³/mol. The van der Waals surface area contributed by atoms with E-state index < -0.39 is 0 Å². The van der Waals surface area contributed by atoms with Gasteiger partial charge in [0, 0.05) is 6.54 Å².